The van der Waals surface area contributed by atoms with E-state index in [0.717, 1.165) is 0 Å². The molecule has 1 aliphatic heterocycles. The zero-order valence-electron chi connectivity index (χ0n) is 12.9. The molecule has 0 bridgehead atoms. The summed E-state index contributed by atoms with van der Waals surface area (Å²) >= 11 is 0. The molecule has 0 spiro atoms. The van der Waals surface area contributed by atoms with Crippen molar-refractivity contribution in [3.05, 3.63) is 23.7 Å². The number of aryl methyl sites for hydroxylation is 1. The molecule has 2 amide bonds. The largest absolute Gasteiger partial charge is 0.456 e. The first-order valence-corrected chi connectivity index (χ1v) is 7.10. The molecule has 0 unspecified atom stereocenters. The van der Waals surface area contributed by atoms with E-state index in [1.54, 1.807) is 24.0 Å². The molecule has 1 atom stereocenters. The maximum Gasteiger partial charge on any atom is 0.410 e. The fourth-order valence-electron chi connectivity index (χ4n) is 2.18. The number of nitrogens with one attached hydrogen (secondary N) is 1. The summed E-state index contributed by atoms with van der Waals surface area (Å²) in [5, 5.41) is 2.87. The highest BCUT2D eigenvalue weighted by Crippen LogP contribution is 2.16. The molecule has 1 aromatic heterocycles. The van der Waals surface area contributed by atoms with Gasteiger partial charge in [0.05, 0.1) is 0 Å². The summed E-state index contributed by atoms with van der Waals surface area (Å²) in [6, 6.07) is 3.32. The van der Waals surface area contributed by atoms with Gasteiger partial charge in [0.1, 0.15) is 11.4 Å². The quantitative estimate of drug-likeness (QED) is 0.908. The molecular formula is C15H22N2O4. The Hall–Kier alpha value is -1.98. The zero-order chi connectivity index (χ0) is 15.6. The van der Waals surface area contributed by atoms with Gasteiger partial charge in [0, 0.05) is 19.1 Å². The molecule has 0 saturated carbocycles. The molecule has 1 N–H and O–H groups in total. The van der Waals surface area contributed by atoms with E-state index in [0.29, 0.717) is 31.0 Å². The van der Waals surface area contributed by atoms with Crippen molar-refractivity contribution in [2.45, 2.75) is 45.8 Å². The summed E-state index contributed by atoms with van der Waals surface area (Å²) in [5.74, 6) is 0.740. The molecule has 6 nitrogen and oxygen atoms in total. The highest BCUT2D eigenvalue weighted by molar-refractivity contribution is 5.91. The Morgan fingerprint density at radius 3 is 2.67 bits per heavy atom. The minimum atomic E-state index is -0.510. The van der Waals surface area contributed by atoms with Crippen LogP contribution in [0.2, 0.25) is 0 Å². The zero-order valence-corrected chi connectivity index (χ0v) is 12.9. The molecule has 2 heterocycles. The highest BCUT2D eigenvalue weighted by atomic mass is 16.6. The van der Waals surface area contributed by atoms with Gasteiger partial charge in [-0.25, -0.2) is 4.79 Å². The predicted octanol–water partition coefficient (Wildman–Crippen LogP) is 2.33. The third-order valence-corrected chi connectivity index (χ3v) is 3.14. The van der Waals surface area contributed by atoms with Gasteiger partial charge in [0.2, 0.25) is 0 Å². The van der Waals surface area contributed by atoms with E-state index < -0.39 is 5.60 Å². The second-order valence-corrected chi connectivity index (χ2v) is 6.30. The number of likely N-dealkylation sites (tertiary alicyclic amines) is 1. The average Bonchev–Trinajstić information content (AvgIpc) is 2.96. The van der Waals surface area contributed by atoms with Crippen molar-refractivity contribution in [2.75, 3.05) is 13.1 Å². The van der Waals surface area contributed by atoms with E-state index in [9.17, 15) is 9.59 Å². The number of rotatable bonds is 2. The number of hydrogen-bond acceptors (Lipinski definition) is 4. The van der Waals surface area contributed by atoms with E-state index >= 15 is 0 Å². The maximum absolute atomic E-state index is 12.0. The van der Waals surface area contributed by atoms with Crippen molar-refractivity contribution in [2.24, 2.45) is 0 Å². The third-order valence-electron chi connectivity index (χ3n) is 3.14. The molecule has 1 aromatic rings. The van der Waals surface area contributed by atoms with Gasteiger partial charge in [-0.05, 0) is 46.2 Å². The van der Waals surface area contributed by atoms with E-state index in [2.05, 4.69) is 5.32 Å². The summed E-state index contributed by atoms with van der Waals surface area (Å²) < 4.78 is 10.6. The minimum Gasteiger partial charge on any atom is -0.456 e. The first-order chi connectivity index (χ1) is 9.74. The van der Waals surface area contributed by atoms with Gasteiger partial charge in [0.15, 0.2) is 5.76 Å². The second-order valence-electron chi connectivity index (χ2n) is 6.30. The van der Waals surface area contributed by atoms with Gasteiger partial charge in [-0.2, -0.15) is 0 Å². The van der Waals surface area contributed by atoms with Crippen LogP contribution in [-0.4, -0.2) is 41.6 Å². The molecule has 1 saturated heterocycles. The topological polar surface area (TPSA) is 71.8 Å². The van der Waals surface area contributed by atoms with Gasteiger partial charge >= 0.3 is 6.09 Å². The van der Waals surface area contributed by atoms with Crippen LogP contribution in [0.4, 0.5) is 4.79 Å². The number of nitrogens with zero attached hydrogens (tertiary/aromatic N) is 1. The lowest BCUT2D eigenvalue weighted by Crippen LogP contribution is -2.40. The van der Waals surface area contributed by atoms with Crippen molar-refractivity contribution in [3.63, 3.8) is 0 Å². The standard InChI is InChI=1S/C15H22N2O4/c1-10-5-6-12(20-10)13(18)16-11-7-8-17(9-11)14(19)21-15(2,3)4/h5-6,11H,7-9H2,1-4H3,(H,16,18)/t11-/m0/s1. The number of carbonyl (C=O) groups is 2. The van der Waals surface area contributed by atoms with Crippen molar-refractivity contribution in [1.29, 1.82) is 0 Å². The lowest BCUT2D eigenvalue weighted by atomic mass is 10.2. The van der Waals surface area contributed by atoms with Gasteiger partial charge in [-0.1, -0.05) is 0 Å². The molecule has 1 fully saturated rings. The fourth-order valence-corrected chi connectivity index (χ4v) is 2.18. The normalized spacial score (nSPS) is 18.7. The first-order valence-electron chi connectivity index (χ1n) is 7.10. The predicted molar refractivity (Wildman–Crippen MR) is 77.1 cm³/mol. The summed E-state index contributed by atoms with van der Waals surface area (Å²) in [6.07, 6.45) is 0.373. The molecule has 6 heteroatoms. The van der Waals surface area contributed by atoms with E-state index in [1.807, 2.05) is 20.8 Å². The molecule has 116 valence electrons. The minimum absolute atomic E-state index is 0.0737. The van der Waals surface area contributed by atoms with E-state index in [-0.39, 0.29) is 18.0 Å². The Kier molecular flexibility index (Phi) is 4.25. The van der Waals surface area contributed by atoms with Gasteiger partial charge in [-0.3, -0.25) is 4.79 Å². The lowest BCUT2D eigenvalue weighted by molar-refractivity contribution is 0.0290. The van der Waals surface area contributed by atoms with Crippen LogP contribution >= 0.6 is 0 Å². The molecule has 21 heavy (non-hydrogen) atoms. The van der Waals surface area contributed by atoms with Crippen molar-refractivity contribution in [3.8, 4) is 0 Å². The monoisotopic (exact) mass is 294 g/mol. The Morgan fingerprint density at radius 1 is 1.38 bits per heavy atom. The summed E-state index contributed by atoms with van der Waals surface area (Å²) in [5.41, 5.74) is -0.510. The van der Waals surface area contributed by atoms with Gasteiger partial charge < -0.3 is 19.4 Å². The Morgan fingerprint density at radius 2 is 2.10 bits per heavy atom. The van der Waals surface area contributed by atoms with Gasteiger partial charge in [-0.15, -0.1) is 0 Å². The van der Waals surface area contributed by atoms with Crippen LogP contribution in [0.1, 0.15) is 43.5 Å². The second kappa shape index (κ2) is 5.79. The van der Waals surface area contributed by atoms with Crippen molar-refractivity contribution >= 4 is 12.0 Å². The smallest absolute Gasteiger partial charge is 0.410 e. The first kappa shape index (κ1) is 15.4. The van der Waals surface area contributed by atoms with E-state index in [4.69, 9.17) is 9.15 Å². The highest BCUT2D eigenvalue weighted by Gasteiger charge is 2.30. The third kappa shape index (κ3) is 4.24. The van der Waals surface area contributed by atoms with E-state index in [1.165, 1.54) is 0 Å². The number of ether oxygens (including phenoxy) is 1. The molecule has 0 aromatic carbocycles. The van der Waals surface area contributed by atoms with Crippen molar-refractivity contribution in [1.82, 2.24) is 10.2 Å². The number of amides is 2. The summed E-state index contributed by atoms with van der Waals surface area (Å²) in [4.78, 5) is 25.5. The van der Waals surface area contributed by atoms with Crippen LogP contribution in [0.15, 0.2) is 16.5 Å². The van der Waals surface area contributed by atoms with Crippen LogP contribution in [-0.2, 0) is 4.74 Å². The Balaban J connectivity index is 1.85. The molecule has 1 aliphatic rings. The molecule has 0 aliphatic carbocycles. The van der Waals surface area contributed by atoms with Crippen LogP contribution < -0.4 is 5.32 Å². The average molecular weight is 294 g/mol. The summed E-state index contributed by atoms with van der Waals surface area (Å²) in [7, 11) is 0. The number of carbonyl (C=O) groups excluding carboxylic acids is 2. The van der Waals surface area contributed by atoms with Crippen LogP contribution in [0.3, 0.4) is 0 Å². The Bertz CT molecular complexity index is 530. The SMILES string of the molecule is Cc1ccc(C(=O)N[C@H]2CCN(C(=O)OC(C)(C)C)C2)o1. The summed E-state index contributed by atoms with van der Waals surface area (Å²) in [6.45, 7) is 8.33. The number of hydrogen-bond donors (Lipinski definition) is 1. The number of furan rings is 1. The lowest BCUT2D eigenvalue weighted by Gasteiger charge is -2.24. The van der Waals surface area contributed by atoms with Crippen LogP contribution in [0, 0.1) is 6.92 Å². The molecular weight excluding hydrogens is 272 g/mol. The maximum atomic E-state index is 12.0. The van der Waals surface area contributed by atoms with Crippen molar-refractivity contribution < 1.29 is 18.7 Å². The van der Waals surface area contributed by atoms with Crippen LogP contribution in [0.25, 0.3) is 0 Å². The Labute approximate surface area is 124 Å². The van der Waals surface area contributed by atoms with Crippen LogP contribution in [0.5, 0.6) is 0 Å². The van der Waals surface area contributed by atoms with Gasteiger partial charge in [0.25, 0.3) is 5.91 Å². The molecule has 2 rings (SSSR count). The fraction of sp³-hybridized carbons (Fsp3) is 0.600. The molecule has 0 radical (unpaired) electrons.